The maximum absolute atomic E-state index is 5.67. The third-order valence-electron chi connectivity index (χ3n) is 1.53. The molecule has 0 radical (unpaired) electrons. The molecule has 0 fully saturated rings. The maximum Gasteiger partial charge on any atom is 0.265 e. The molecule has 0 saturated carbocycles. The van der Waals surface area contributed by atoms with E-state index in [1.54, 1.807) is 0 Å². The molecule has 1 aromatic heterocycles. The Morgan fingerprint density at radius 1 is 1.29 bits per heavy atom. The largest absolute Gasteiger partial charge is 0.472 e. The monoisotopic (exact) mass is 236 g/mol. The minimum atomic E-state index is 0.323. The van der Waals surface area contributed by atoms with E-state index in [1.807, 2.05) is 0 Å². The predicted molar refractivity (Wildman–Crippen MR) is 56.1 cm³/mol. The first-order valence-electron chi connectivity index (χ1n) is 4.53. The van der Waals surface area contributed by atoms with E-state index in [1.165, 1.54) is 0 Å². The molecule has 0 atom stereocenters. The van der Waals surface area contributed by atoms with Gasteiger partial charge >= 0.3 is 0 Å². The first-order valence-corrected chi connectivity index (χ1v) is 5.64. The number of unbranched alkanes of at least 4 members (excludes halogenated alkanes) is 1. The molecule has 0 amide bonds. The van der Waals surface area contributed by atoms with Crippen LogP contribution >= 0.6 is 23.3 Å². The van der Waals surface area contributed by atoms with Crippen molar-refractivity contribution in [3.8, 4) is 5.88 Å². The molecule has 0 unspecified atom stereocenters. The van der Waals surface area contributed by atoms with Gasteiger partial charge in [0.25, 0.3) is 5.88 Å². The van der Waals surface area contributed by atoms with Crippen molar-refractivity contribution in [2.24, 2.45) is 0 Å². The quantitative estimate of drug-likeness (QED) is 0.682. The van der Waals surface area contributed by atoms with Gasteiger partial charge in [-0.15, -0.1) is 4.37 Å². The van der Waals surface area contributed by atoms with Gasteiger partial charge in [0.15, 0.2) is 0 Å². The molecule has 14 heavy (non-hydrogen) atoms. The Morgan fingerprint density at radius 3 is 2.79 bits per heavy atom. The van der Waals surface area contributed by atoms with Gasteiger partial charge in [-0.05, 0) is 6.42 Å². The van der Waals surface area contributed by atoms with Gasteiger partial charge in [-0.1, -0.05) is 24.9 Å². The summed E-state index contributed by atoms with van der Waals surface area (Å²) in [5, 5.41) is 0.323. The molecule has 1 aromatic rings. The van der Waals surface area contributed by atoms with E-state index in [2.05, 4.69) is 15.7 Å². The highest BCUT2D eigenvalue weighted by molar-refractivity contribution is 6.99. The fourth-order valence-corrected chi connectivity index (χ4v) is 1.45. The zero-order valence-electron chi connectivity index (χ0n) is 8.03. The molecule has 0 aliphatic carbocycles. The van der Waals surface area contributed by atoms with Gasteiger partial charge in [0.1, 0.15) is 6.61 Å². The van der Waals surface area contributed by atoms with Crippen molar-refractivity contribution >= 4 is 23.3 Å². The molecule has 0 N–H and O–H groups in total. The molecular weight excluding hydrogens is 224 g/mol. The van der Waals surface area contributed by atoms with E-state index in [0.29, 0.717) is 24.2 Å². The summed E-state index contributed by atoms with van der Waals surface area (Å²) in [4.78, 5) is 0. The summed E-state index contributed by atoms with van der Waals surface area (Å²) in [6.45, 7) is 3.94. The van der Waals surface area contributed by atoms with Crippen molar-refractivity contribution in [3.05, 3.63) is 5.15 Å². The summed E-state index contributed by atoms with van der Waals surface area (Å²) >= 11 is 6.71. The summed E-state index contributed by atoms with van der Waals surface area (Å²) in [5.41, 5.74) is 0. The number of halogens is 1. The lowest BCUT2D eigenvalue weighted by molar-refractivity contribution is 0.0968. The van der Waals surface area contributed by atoms with Gasteiger partial charge in [-0.25, -0.2) is 0 Å². The summed E-state index contributed by atoms with van der Waals surface area (Å²) in [6.07, 6.45) is 2.22. The van der Waals surface area contributed by atoms with Crippen molar-refractivity contribution in [2.45, 2.75) is 19.8 Å². The van der Waals surface area contributed by atoms with Crippen molar-refractivity contribution in [2.75, 3.05) is 19.8 Å². The molecule has 80 valence electrons. The highest BCUT2D eigenvalue weighted by Gasteiger charge is 2.05. The van der Waals surface area contributed by atoms with E-state index in [9.17, 15) is 0 Å². The molecular formula is C8H13ClN2O2S. The Morgan fingerprint density at radius 2 is 2.14 bits per heavy atom. The van der Waals surface area contributed by atoms with Gasteiger partial charge in [0, 0.05) is 6.61 Å². The van der Waals surface area contributed by atoms with Crippen molar-refractivity contribution in [1.82, 2.24) is 8.75 Å². The molecule has 1 rings (SSSR count). The molecule has 0 aliphatic rings. The first-order chi connectivity index (χ1) is 6.84. The van der Waals surface area contributed by atoms with Crippen LogP contribution in [0.5, 0.6) is 5.88 Å². The Balaban J connectivity index is 2.02. The van der Waals surface area contributed by atoms with E-state index in [4.69, 9.17) is 21.1 Å². The number of hydrogen-bond donors (Lipinski definition) is 0. The lowest BCUT2D eigenvalue weighted by atomic mass is 10.4. The Kier molecular flexibility index (Phi) is 5.82. The number of nitrogens with zero attached hydrogens (tertiary/aromatic N) is 2. The normalized spacial score (nSPS) is 10.4. The van der Waals surface area contributed by atoms with Gasteiger partial charge in [-0.2, -0.15) is 4.37 Å². The molecule has 0 aliphatic heterocycles. The average molecular weight is 237 g/mol. The summed E-state index contributed by atoms with van der Waals surface area (Å²) in [6, 6.07) is 0. The highest BCUT2D eigenvalue weighted by Crippen LogP contribution is 2.19. The Bertz CT molecular complexity index is 257. The van der Waals surface area contributed by atoms with Gasteiger partial charge in [0.2, 0.25) is 5.15 Å². The van der Waals surface area contributed by atoms with Crippen LogP contribution in [0.15, 0.2) is 0 Å². The second-order valence-electron chi connectivity index (χ2n) is 2.67. The third kappa shape index (κ3) is 4.21. The van der Waals surface area contributed by atoms with Crippen molar-refractivity contribution < 1.29 is 9.47 Å². The van der Waals surface area contributed by atoms with Crippen LogP contribution in [-0.2, 0) is 4.74 Å². The van der Waals surface area contributed by atoms with Crippen LogP contribution in [0.3, 0.4) is 0 Å². The summed E-state index contributed by atoms with van der Waals surface area (Å²) < 4.78 is 18.2. The molecule has 1 heterocycles. The fourth-order valence-electron chi connectivity index (χ4n) is 0.802. The molecule has 0 saturated heterocycles. The molecule has 6 heteroatoms. The van der Waals surface area contributed by atoms with Crippen molar-refractivity contribution in [1.29, 1.82) is 0 Å². The highest BCUT2D eigenvalue weighted by atomic mass is 35.5. The minimum Gasteiger partial charge on any atom is -0.472 e. The molecule has 0 bridgehead atoms. The average Bonchev–Trinajstić information content (AvgIpc) is 2.58. The lowest BCUT2D eigenvalue weighted by Crippen LogP contribution is -2.07. The van der Waals surface area contributed by atoms with E-state index >= 15 is 0 Å². The van der Waals surface area contributed by atoms with Gasteiger partial charge in [-0.3, -0.25) is 0 Å². The number of rotatable bonds is 7. The molecule has 0 aromatic carbocycles. The van der Waals surface area contributed by atoms with Gasteiger partial charge in [0.05, 0.1) is 18.3 Å². The van der Waals surface area contributed by atoms with Crippen molar-refractivity contribution in [3.63, 3.8) is 0 Å². The number of hydrogen-bond acceptors (Lipinski definition) is 5. The van der Waals surface area contributed by atoms with Crippen LogP contribution in [0.2, 0.25) is 5.15 Å². The topological polar surface area (TPSA) is 44.2 Å². The minimum absolute atomic E-state index is 0.323. The van der Waals surface area contributed by atoms with Crippen LogP contribution in [0, 0.1) is 0 Å². The summed E-state index contributed by atoms with van der Waals surface area (Å²) in [5.74, 6) is 0.399. The van der Waals surface area contributed by atoms with Crippen LogP contribution < -0.4 is 4.74 Å². The van der Waals surface area contributed by atoms with Gasteiger partial charge < -0.3 is 9.47 Å². The van der Waals surface area contributed by atoms with Crippen LogP contribution in [0.25, 0.3) is 0 Å². The van der Waals surface area contributed by atoms with E-state index in [-0.39, 0.29) is 0 Å². The maximum atomic E-state index is 5.67. The second-order valence-corrected chi connectivity index (χ2v) is 3.56. The second kappa shape index (κ2) is 6.98. The third-order valence-corrected chi connectivity index (χ3v) is 2.39. The number of ether oxygens (including phenoxy) is 2. The molecule has 0 spiro atoms. The summed E-state index contributed by atoms with van der Waals surface area (Å²) in [7, 11) is 0. The first kappa shape index (κ1) is 11.7. The predicted octanol–water partition coefficient (Wildman–Crippen LogP) is 2.39. The van der Waals surface area contributed by atoms with E-state index in [0.717, 1.165) is 31.2 Å². The Hall–Kier alpha value is -0.390. The SMILES string of the molecule is CCCCOCCOc1nsnc1Cl. The number of aromatic nitrogens is 2. The standard InChI is InChI=1S/C8H13ClN2O2S/c1-2-3-4-12-5-6-13-8-7(9)10-14-11-8/h2-6H2,1H3. The lowest BCUT2D eigenvalue weighted by Gasteiger charge is -2.03. The van der Waals surface area contributed by atoms with E-state index < -0.39 is 0 Å². The van der Waals surface area contributed by atoms with Crippen LogP contribution in [-0.4, -0.2) is 28.6 Å². The zero-order valence-corrected chi connectivity index (χ0v) is 9.61. The van der Waals surface area contributed by atoms with Crippen LogP contribution in [0.1, 0.15) is 19.8 Å². The molecule has 4 nitrogen and oxygen atoms in total. The smallest absolute Gasteiger partial charge is 0.265 e. The van der Waals surface area contributed by atoms with Crippen LogP contribution in [0.4, 0.5) is 0 Å². The fraction of sp³-hybridized carbons (Fsp3) is 0.750. The Labute approximate surface area is 92.5 Å². The zero-order chi connectivity index (χ0) is 10.2.